The van der Waals surface area contributed by atoms with Gasteiger partial charge in [0.25, 0.3) is 0 Å². The first-order chi connectivity index (χ1) is 8.90. The average Bonchev–Trinajstić information content (AvgIpc) is 2.38. The van der Waals surface area contributed by atoms with E-state index in [-0.39, 0.29) is 11.5 Å². The molecule has 1 saturated heterocycles. The van der Waals surface area contributed by atoms with E-state index >= 15 is 0 Å². The van der Waals surface area contributed by atoms with Crippen molar-refractivity contribution >= 4 is 0 Å². The summed E-state index contributed by atoms with van der Waals surface area (Å²) in [6.07, 6.45) is 1.89. The van der Waals surface area contributed by atoms with Crippen molar-refractivity contribution in [3.05, 3.63) is 29.3 Å². The number of fused-ring (bicyclic) bond motifs is 4. The minimum Gasteiger partial charge on any atom is -0.497 e. The van der Waals surface area contributed by atoms with E-state index in [1.165, 1.54) is 11.1 Å². The van der Waals surface area contributed by atoms with Crippen molar-refractivity contribution < 1.29 is 9.84 Å². The van der Waals surface area contributed by atoms with Gasteiger partial charge in [-0.2, -0.15) is 0 Å². The Labute approximate surface area is 115 Å². The van der Waals surface area contributed by atoms with Crippen LogP contribution in [0.3, 0.4) is 0 Å². The monoisotopic (exact) mass is 261 g/mol. The summed E-state index contributed by atoms with van der Waals surface area (Å²) in [5, 5.41) is 11.1. The fraction of sp³-hybridized carbons (Fsp3) is 0.625. The number of rotatable bonds is 1. The second-order valence-corrected chi connectivity index (χ2v) is 6.45. The second kappa shape index (κ2) is 3.97. The quantitative estimate of drug-likeness (QED) is 0.839. The van der Waals surface area contributed by atoms with Gasteiger partial charge in [0.15, 0.2) is 0 Å². The molecule has 2 bridgehead atoms. The minimum absolute atomic E-state index is 0.188. The molecule has 1 aliphatic carbocycles. The molecule has 1 heterocycles. The second-order valence-electron chi connectivity index (χ2n) is 6.45. The van der Waals surface area contributed by atoms with Crippen LogP contribution in [-0.4, -0.2) is 42.4 Å². The van der Waals surface area contributed by atoms with Gasteiger partial charge in [-0.15, -0.1) is 0 Å². The van der Waals surface area contributed by atoms with Crippen LogP contribution in [0.4, 0.5) is 0 Å². The van der Waals surface area contributed by atoms with E-state index in [4.69, 9.17) is 4.74 Å². The number of hydrogen-bond acceptors (Lipinski definition) is 3. The molecule has 0 saturated carbocycles. The van der Waals surface area contributed by atoms with Crippen molar-refractivity contribution in [3.8, 4) is 5.75 Å². The predicted octanol–water partition coefficient (Wildman–Crippen LogP) is 1.96. The number of ether oxygens (including phenoxy) is 1. The van der Waals surface area contributed by atoms with E-state index in [2.05, 4.69) is 31.0 Å². The van der Waals surface area contributed by atoms with Crippen LogP contribution < -0.4 is 4.74 Å². The zero-order valence-electron chi connectivity index (χ0n) is 12.2. The highest BCUT2D eigenvalue weighted by Gasteiger charge is 2.57. The number of hydrogen-bond donors (Lipinski definition) is 1. The van der Waals surface area contributed by atoms with Crippen LogP contribution in [0.25, 0.3) is 0 Å². The Morgan fingerprint density at radius 1 is 1.37 bits per heavy atom. The van der Waals surface area contributed by atoms with Gasteiger partial charge in [-0.3, -0.25) is 0 Å². The molecule has 1 N–H and O–H groups in total. The Bertz CT molecular complexity index is 511. The van der Waals surface area contributed by atoms with E-state index < -0.39 is 5.60 Å². The van der Waals surface area contributed by atoms with Crippen molar-refractivity contribution in [3.63, 3.8) is 0 Å². The molecule has 1 aromatic carbocycles. The number of nitrogens with zero attached hydrogens (tertiary/aromatic N) is 1. The average molecular weight is 261 g/mol. The van der Waals surface area contributed by atoms with Crippen molar-refractivity contribution in [1.82, 2.24) is 4.90 Å². The summed E-state index contributed by atoms with van der Waals surface area (Å²) in [4.78, 5) is 2.30. The maximum Gasteiger partial charge on any atom is 0.119 e. The van der Waals surface area contributed by atoms with Gasteiger partial charge in [-0.1, -0.05) is 13.0 Å². The zero-order chi connectivity index (χ0) is 13.8. The maximum atomic E-state index is 11.1. The molecule has 1 fully saturated rings. The van der Waals surface area contributed by atoms with Crippen molar-refractivity contribution in [2.45, 2.75) is 43.7 Å². The normalized spacial score (nSPS) is 37.8. The Morgan fingerprint density at radius 3 is 2.79 bits per heavy atom. The van der Waals surface area contributed by atoms with Gasteiger partial charge in [-0.05, 0) is 56.6 Å². The van der Waals surface area contributed by atoms with E-state index in [0.29, 0.717) is 0 Å². The first kappa shape index (κ1) is 12.9. The Balaban J connectivity index is 2.19. The van der Waals surface area contributed by atoms with Gasteiger partial charge >= 0.3 is 0 Å². The van der Waals surface area contributed by atoms with E-state index in [0.717, 1.165) is 25.1 Å². The van der Waals surface area contributed by atoms with Crippen LogP contribution in [0.1, 0.15) is 31.4 Å². The number of benzene rings is 1. The van der Waals surface area contributed by atoms with Crippen LogP contribution >= 0.6 is 0 Å². The summed E-state index contributed by atoms with van der Waals surface area (Å²) in [5.74, 6) is 0.883. The zero-order valence-corrected chi connectivity index (χ0v) is 12.2. The number of methoxy groups -OCH3 is 1. The van der Waals surface area contributed by atoms with E-state index in [1.807, 2.05) is 13.0 Å². The fourth-order valence-electron chi connectivity index (χ4n) is 3.95. The van der Waals surface area contributed by atoms with E-state index in [1.54, 1.807) is 7.11 Å². The van der Waals surface area contributed by atoms with Gasteiger partial charge < -0.3 is 14.7 Å². The van der Waals surface area contributed by atoms with Gasteiger partial charge in [0, 0.05) is 11.5 Å². The molecule has 1 aromatic rings. The van der Waals surface area contributed by atoms with Gasteiger partial charge in [0.1, 0.15) is 5.75 Å². The first-order valence-corrected chi connectivity index (χ1v) is 7.00. The van der Waals surface area contributed by atoms with Gasteiger partial charge in [0.2, 0.25) is 0 Å². The third-order valence-electron chi connectivity index (χ3n) is 5.59. The van der Waals surface area contributed by atoms with Crippen LogP contribution in [0.2, 0.25) is 0 Å². The van der Waals surface area contributed by atoms with Crippen LogP contribution in [0.15, 0.2) is 18.2 Å². The molecule has 0 amide bonds. The summed E-state index contributed by atoms with van der Waals surface area (Å²) in [5.41, 5.74) is 1.73. The number of aliphatic hydroxyl groups is 1. The summed E-state index contributed by atoms with van der Waals surface area (Å²) in [6.45, 7) is 5.23. The third-order valence-corrected chi connectivity index (χ3v) is 5.59. The van der Waals surface area contributed by atoms with Crippen LogP contribution in [-0.2, 0) is 11.8 Å². The topological polar surface area (TPSA) is 32.7 Å². The van der Waals surface area contributed by atoms with Crippen LogP contribution in [0, 0.1) is 0 Å². The number of likely N-dealkylation sites (tertiary alicyclic amines) is 1. The molecule has 19 heavy (non-hydrogen) atoms. The highest BCUT2D eigenvalue weighted by atomic mass is 16.5. The largest absolute Gasteiger partial charge is 0.497 e. The predicted molar refractivity (Wildman–Crippen MR) is 75.7 cm³/mol. The lowest BCUT2D eigenvalue weighted by atomic mass is 9.56. The lowest BCUT2D eigenvalue weighted by Crippen LogP contribution is -2.68. The van der Waals surface area contributed by atoms with Gasteiger partial charge in [0.05, 0.1) is 12.7 Å². The maximum absolute atomic E-state index is 11.1. The first-order valence-electron chi connectivity index (χ1n) is 7.00. The molecule has 0 unspecified atom stereocenters. The lowest BCUT2D eigenvalue weighted by molar-refractivity contribution is -0.121. The molecule has 104 valence electrons. The molecule has 0 spiro atoms. The Kier molecular flexibility index (Phi) is 2.70. The van der Waals surface area contributed by atoms with E-state index in [9.17, 15) is 5.11 Å². The highest BCUT2D eigenvalue weighted by Crippen LogP contribution is 2.51. The molecule has 3 rings (SSSR count). The third kappa shape index (κ3) is 1.58. The summed E-state index contributed by atoms with van der Waals surface area (Å²) in [6, 6.07) is 6.50. The minimum atomic E-state index is -0.695. The molecular formula is C16H23NO2. The fourth-order valence-corrected chi connectivity index (χ4v) is 3.95. The molecule has 3 atom stereocenters. The van der Waals surface area contributed by atoms with Crippen molar-refractivity contribution in [1.29, 1.82) is 0 Å². The molecule has 3 nitrogen and oxygen atoms in total. The van der Waals surface area contributed by atoms with Crippen molar-refractivity contribution in [2.75, 3.05) is 20.7 Å². The van der Waals surface area contributed by atoms with Crippen LogP contribution in [0.5, 0.6) is 5.75 Å². The van der Waals surface area contributed by atoms with Crippen molar-refractivity contribution in [2.24, 2.45) is 0 Å². The number of likely N-dealkylation sites (N-methyl/N-ethyl adjacent to an activating group) is 1. The Hall–Kier alpha value is -1.06. The highest BCUT2D eigenvalue weighted by molar-refractivity contribution is 5.46. The smallest absolute Gasteiger partial charge is 0.119 e. The molecule has 1 aliphatic heterocycles. The molecule has 0 aromatic heterocycles. The summed E-state index contributed by atoms with van der Waals surface area (Å²) < 4.78 is 5.36. The molecule has 2 aliphatic rings. The Morgan fingerprint density at radius 2 is 2.11 bits per heavy atom. The SMILES string of the molecule is COc1ccc2c(c1)[C@]1(C)CCN(C)[C@@H](C2)[C@]1(C)O. The molecule has 0 radical (unpaired) electrons. The summed E-state index contributed by atoms with van der Waals surface area (Å²) in [7, 11) is 3.82. The molecule has 3 heteroatoms. The summed E-state index contributed by atoms with van der Waals surface area (Å²) >= 11 is 0. The number of piperidine rings is 1. The molecular weight excluding hydrogens is 238 g/mol. The lowest BCUT2D eigenvalue weighted by Gasteiger charge is -2.58. The van der Waals surface area contributed by atoms with Gasteiger partial charge in [-0.25, -0.2) is 0 Å². The standard InChI is InChI=1S/C16H23NO2/c1-15-7-8-17(3)14(16(15,2)18)9-11-5-6-12(19-4)10-13(11)15/h5-6,10,14,18H,7-9H2,1-4H3/t14-,15-,16-/m0/s1.